The lowest BCUT2D eigenvalue weighted by Gasteiger charge is -2.08. The van der Waals surface area contributed by atoms with E-state index >= 15 is 0 Å². The van der Waals surface area contributed by atoms with E-state index in [1.807, 2.05) is 43.3 Å². The summed E-state index contributed by atoms with van der Waals surface area (Å²) in [5, 5.41) is 3.23. The van der Waals surface area contributed by atoms with Gasteiger partial charge in [0.2, 0.25) is 0 Å². The molecular formula is C14H15BrN2O. The summed E-state index contributed by atoms with van der Waals surface area (Å²) >= 11 is 3.43. The van der Waals surface area contributed by atoms with Crippen molar-refractivity contribution >= 4 is 21.7 Å². The van der Waals surface area contributed by atoms with Gasteiger partial charge in [-0.15, -0.1) is 0 Å². The van der Waals surface area contributed by atoms with E-state index in [-0.39, 0.29) is 0 Å². The molecule has 0 fully saturated rings. The minimum atomic E-state index is 0.612. The SMILES string of the molecule is Cc1cc(NCCOc2ccccc2)ncc1Br. The van der Waals surface area contributed by atoms with Gasteiger partial charge in [-0.25, -0.2) is 4.98 Å². The van der Waals surface area contributed by atoms with Gasteiger partial charge in [-0.2, -0.15) is 0 Å². The highest BCUT2D eigenvalue weighted by Gasteiger charge is 1.98. The molecule has 18 heavy (non-hydrogen) atoms. The molecular weight excluding hydrogens is 292 g/mol. The number of rotatable bonds is 5. The van der Waals surface area contributed by atoms with Crippen LogP contribution in [0, 0.1) is 6.92 Å². The first kappa shape index (κ1) is 12.9. The zero-order valence-electron chi connectivity index (χ0n) is 10.2. The molecule has 0 aliphatic carbocycles. The summed E-state index contributed by atoms with van der Waals surface area (Å²) < 4.78 is 6.60. The maximum Gasteiger partial charge on any atom is 0.126 e. The first-order valence-corrected chi connectivity index (χ1v) is 6.59. The topological polar surface area (TPSA) is 34.1 Å². The van der Waals surface area contributed by atoms with Crippen molar-refractivity contribution < 1.29 is 4.74 Å². The number of aromatic nitrogens is 1. The van der Waals surface area contributed by atoms with Crippen LogP contribution in [0.1, 0.15) is 5.56 Å². The van der Waals surface area contributed by atoms with E-state index < -0.39 is 0 Å². The average molecular weight is 307 g/mol. The molecule has 94 valence electrons. The van der Waals surface area contributed by atoms with Crippen molar-refractivity contribution in [3.63, 3.8) is 0 Å². The Kier molecular flexibility index (Phi) is 4.59. The number of halogens is 1. The van der Waals surface area contributed by atoms with E-state index in [2.05, 4.69) is 26.2 Å². The van der Waals surface area contributed by atoms with Crippen LogP contribution in [0.2, 0.25) is 0 Å². The Morgan fingerprint density at radius 3 is 2.78 bits per heavy atom. The highest BCUT2D eigenvalue weighted by molar-refractivity contribution is 9.10. The van der Waals surface area contributed by atoms with Gasteiger partial charge in [0.1, 0.15) is 18.2 Å². The molecule has 1 heterocycles. The lowest BCUT2D eigenvalue weighted by atomic mass is 10.3. The van der Waals surface area contributed by atoms with Crippen molar-refractivity contribution in [1.29, 1.82) is 0 Å². The zero-order valence-corrected chi connectivity index (χ0v) is 11.8. The number of hydrogen-bond acceptors (Lipinski definition) is 3. The number of pyridine rings is 1. The zero-order chi connectivity index (χ0) is 12.8. The molecule has 0 unspecified atom stereocenters. The summed E-state index contributed by atoms with van der Waals surface area (Å²) in [5.74, 6) is 1.76. The fourth-order valence-electron chi connectivity index (χ4n) is 1.50. The summed E-state index contributed by atoms with van der Waals surface area (Å²) in [6, 6.07) is 11.8. The molecule has 2 aromatic rings. The second-order valence-electron chi connectivity index (χ2n) is 3.91. The number of benzene rings is 1. The Balaban J connectivity index is 1.77. The third-order valence-electron chi connectivity index (χ3n) is 2.47. The van der Waals surface area contributed by atoms with Crippen LogP contribution in [0.3, 0.4) is 0 Å². The van der Waals surface area contributed by atoms with E-state index in [0.717, 1.165) is 28.1 Å². The molecule has 0 atom stereocenters. The van der Waals surface area contributed by atoms with Crippen LogP contribution in [-0.4, -0.2) is 18.1 Å². The van der Waals surface area contributed by atoms with Gasteiger partial charge in [-0.3, -0.25) is 0 Å². The first-order valence-electron chi connectivity index (χ1n) is 5.79. The van der Waals surface area contributed by atoms with E-state index in [0.29, 0.717) is 6.61 Å². The van der Waals surface area contributed by atoms with Crippen molar-refractivity contribution in [3.8, 4) is 5.75 Å². The van der Waals surface area contributed by atoms with Crippen LogP contribution < -0.4 is 10.1 Å². The molecule has 1 aromatic heterocycles. The fraction of sp³-hybridized carbons (Fsp3) is 0.214. The average Bonchev–Trinajstić information content (AvgIpc) is 2.40. The fourth-order valence-corrected chi connectivity index (χ4v) is 1.72. The van der Waals surface area contributed by atoms with E-state index in [1.165, 1.54) is 0 Å². The minimum absolute atomic E-state index is 0.612. The smallest absolute Gasteiger partial charge is 0.126 e. The third kappa shape index (κ3) is 3.74. The maximum absolute atomic E-state index is 5.58. The quantitative estimate of drug-likeness (QED) is 0.856. The molecule has 0 radical (unpaired) electrons. The van der Waals surface area contributed by atoms with Gasteiger partial charge in [0, 0.05) is 10.7 Å². The number of ether oxygens (including phenoxy) is 1. The molecule has 0 saturated carbocycles. The molecule has 0 aliphatic rings. The minimum Gasteiger partial charge on any atom is -0.492 e. The van der Waals surface area contributed by atoms with Crippen LogP contribution in [0.25, 0.3) is 0 Å². The molecule has 1 N–H and O–H groups in total. The second kappa shape index (κ2) is 6.40. The Morgan fingerprint density at radius 2 is 2.06 bits per heavy atom. The van der Waals surface area contributed by atoms with Gasteiger partial charge in [0.15, 0.2) is 0 Å². The number of nitrogens with one attached hydrogen (secondary N) is 1. The predicted octanol–water partition coefficient (Wildman–Crippen LogP) is 3.64. The van der Waals surface area contributed by atoms with Crippen molar-refractivity contribution in [2.24, 2.45) is 0 Å². The predicted molar refractivity (Wildman–Crippen MR) is 77.1 cm³/mol. The highest BCUT2D eigenvalue weighted by atomic mass is 79.9. The van der Waals surface area contributed by atoms with Crippen molar-refractivity contribution in [1.82, 2.24) is 4.98 Å². The van der Waals surface area contributed by atoms with E-state index in [4.69, 9.17) is 4.74 Å². The number of nitrogens with zero attached hydrogens (tertiary/aromatic N) is 1. The molecule has 0 aliphatic heterocycles. The summed E-state index contributed by atoms with van der Waals surface area (Å²) in [7, 11) is 0. The van der Waals surface area contributed by atoms with Gasteiger partial charge >= 0.3 is 0 Å². The van der Waals surface area contributed by atoms with Crippen LogP contribution in [0.4, 0.5) is 5.82 Å². The van der Waals surface area contributed by atoms with Gasteiger partial charge in [0.25, 0.3) is 0 Å². The van der Waals surface area contributed by atoms with Gasteiger partial charge in [-0.1, -0.05) is 18.2 Å². The van der Waals surface area contributed by atoms with Gasteiger partial charge in [0.05, 0.1) is 6.54 Å². The summed E-state index contributed by atoms with van der Waals surface area (Å²) in [6.07, 6.45) is 1.80. The standard InChI is InChI=1S/C14H15BrN2O/c1-11-9-14(17-10-13(11)15)16-7-8-18-12-5-3-2-4-6-12/h2-6,9-10H,7-8H2,1H3,(H,16,17). The van der Waals surface area contributed by atoms with Crippen LogP contribution in [-0.2, 0) is 0 Å². The molecule has 0 spiro atoms. The normalized spacial score (nSPS) is 10.1. The molecule has 4 heteroatoms. The third-order valence-corrected chi connectivity index (χ3v) is 3.30. The number of aryl methyl sites for hydroxylation is 1. The largest absolute Gasteiger partial charge is 0.492 e. The lowest BCUT2D eigenvalue weighted by Crippen LogP contribution is -2.12. The summed E-state index contributed by atoms with van der Waals surface area (Å²) in [6.45, 7) is 3.38. The van der Waals surface area contributed by atoms with Crippen molar-refractivity contribution in [3.05, 3.63) is 52.6 Å². The number of anilines is 1. The monoisotopic (exact) mass is 306 g/mol. The second-order valence-corrected chi connectivity index (χ2v) is 4.76. The number of hydrogen-bond donors (Lipinski definition) is 1. The van der Waals surface area contributed by atoms with Crippen LogP contribution in [0.15, 0.2) is 47.1 Å². The first-order chi connectivity index (χ1) is 8.75. The Morgan fingerprint density at radius 1 is 1.28 bits per heavy atom. The van der Waals surface area contributed by atoms with Gasteiger partial charge < -0.3 is 10.1 Å². The Hall–Kier alpha value is -1.55. The van der Waals surface area contributed by atoms with Crippen LogP contribution in [0.5, 0.6) is 5.75 Å². The molecule has 2 rings (SSSR count). The van der Waals surface area contributed by atoms with E-state index in [9.17, 15) is 0 Å². The van der Waals surface area contributed by atoms with Crippen LogP contribution >= 0.6 is 15.9 Å². The molecule has 0 amide bonds. The Labute approximate surface area is 115 Å². The molecule has 0 bridgehead atoms. The lowest BCUT2D eigenvalue weighted by molar-refractivity contribution is 0.333. The molecule has 0 saturated heterocycles. The number of para-hydroxylation sites is 1. The maximum atomic E-state index is 5.58. The summed E-state index contributed by atoms with van der Waals surface area (Å²) in [5.41, 5.74) is 1.16. The highest BCUT2D eigenvalue weighted by Crippen LogP contribution is 2.17. The van der Waals surface area contributed by atoms with Crippen molar-refractivity contribution in [2.45, 2.75) is 6.92 Å². The Bertz CT molecular complexity index is 502. The van der Waals surface area contributed by atoms with E-state index in [1.54, 1.807) is 6.20 Å². The van der Waals surface area contributed by atoms with Crippen molar-refractivity contribution in [2.75, 3.05) is 18.5 Å². The molecule has 1 aromatic carbocycles. The summed E-state index contributed by atoms with van der Waals surface area (Å²) in [4.78, 5) is 4.27. The van der Waals surface area contributed by atoms with Gasteiger partial charge in [-0.05, 0) is 46.6 Å². The molecule has 3 nitrogen and oxygen atoms in total.